The highest BCUT2D eigenvalue weighted by molar-refractivity contribution is 7.88. The lowest BCUT2D eigenvalue weighted by Crippen LogP contribution is -2.21. The van der Waals surface area contributed by atoms with E-state index < -0.39 is 16.0 Å². The van der Waals surface area contributed by atoms with Gasteiger partial charge in [-0.25, -0.2) is 22.7 Å². The van der Waals surface area contributed by atoms with Crippen LogP contribution in [0, 0.1) is 0 Å². The molecule has 0 amide bonds. The largest absolute Gasteiger partial charge is 0.457 e. The molecule has 1 N–H and O–H groups in total. The molecule has 0 aliphatic heterocycles. The van der Waals surface area contributed by atoms with E-state index in [9.17, 15) is 13.2 Å². The van der Waals surface area contributed by atoms with Crippen LogP contribution < -0.4 is 5.32 Å². The maximum atomic E-state index is 11.9. The molecular weight excluding hydrogens is 336 g/mol. The second-order valence-corrected chi connectivity index (χ2v) is 7.00. The van der Waals surface area contributed by atoms with Crippen molar-refractivity contribution in [3.05, 3.63) is 36.4 Å². The third kappa shape index (κ3) is 4.77. The van der Waals surface area contributed by atoms with Crippen molar-refractivity contribution in [2.75, 3.05) is 26.0 Å². The number of sulfonamides is 1. The van der Waals surface area contributed by atoms with Gasteiger partial charge in [-0.15, -0.1) is 0 Å². The Hall–Kier alpha value is -2.46. The van der Waals surface area contributed by atoms with Crippen molar-refractivity contribution < 1.29 is 22.4 Å². The molecule has 2 aromatic rings. The van der Waals surface area contributed by atoms with E-state index in [0.29, 0.717) is 12.5 Å². The van der Waals surface area contributed by atoms with Crippen molar-refractivity contribution >= 4 is 21.9 Å². The van der Waals surface area contributed by atoms with Gasteiger partial charge < -0.3 is 14.5 Å². The molecule has 0 saturated heterocycles. The van der Waals surface area contributed by atoms with E-state index in [-0.39, 0.29) is 23.9 Å². The number of esters is 1. The number of rotatable bonds is 8. The van der Waals surface area contributed by atoms with Crippen LogP contribution in [0.1, 0.15) is 12.2 Å². The topological polar surface area (TPSA) is 115 Å². The van der Waals surface area contributed by atoms with Gasteiger partial charge in [-0.2, -0.15) is 0 Å². The van der Waals surface area contributed by atoms with Gasteiger partial charge in [0.15, 0.2) is 0 Å². The van der Waals surface area contributed by atoms with Gasteiger partial charge in [-0.05, 0) is 18.2 Å². The van der Waals surface area contributed by atoms with Crippen LogP contribution >= 0.6 is 0 Å². The zero-order valence-electron chi connectivity index (χ0n) is 13.3. The maximum absolute atomic E-state index is 11.9. The Labute approximate surface area is 139 Å². The molecule has 0 aromatic carbocycles. The predicted octanol–water partition coefficient (Wildman–Crippen LogP) is 0.865. The van der Waals surface area contributed by atoms with Gasteiger partial charge >= 0.3 is 5.97 Å². The number of aromatic nitrogens is 2. The number of hydrogen-bond acceptors (Lipinski definition) is 8. The Balaban J connectivity index is 1.77. The molecule has 0 spiro atoms. The third-order valence-corrected chi connectivity index (χ3v) is 4.61. The zero-order chi connectivity index (χ0) is 17.6. The SMILES string of the molecule is CN(C)S(=O)(=O)c1ccc(COC(=O)CCNc2ncccn2)o1. The minimum Gasteiger partial charge on any atom is -0.457 e. The van der Waals surface area contributed by atoms with Gasteiger partial charge in [0.05, 0.1) is 6.42 Å². The molecule has 0 aliphatic carbocycles. The lowest BCUT2D eigenvalue weighted by Gasteiger charge is -2.08. The summed E-state index contributed by atoms with van der Waals surface area (Å²) < 4.78 is 35.0. The second kappa shape index (κ2) is 7.88. The molecule has 2 aromatic heterocycles. The minimum atomic E-state index is -3.64. The number of furan rings is 1. The van der Waals surface area contributed by atoms with Crippen molar-refractivity contribution in [1.82, 2.24) is 14.3 Å². The molecule has 0 atom stereocenters. The summed E-state index contributed by atoms with van der Waals surface area (Å²) in [5, 5.41) is 2.69. The van der Waals surface area contributed by atoms with Gasteiger partial charge in [0.1, 0.15) is 12.4 Å². The fourth-order valence-electron chi connectivity index (χ4n) is 1.64. The minimum absolute atomic E-state index is 0.113. The molecule has 9 nitrogen and oxygen atoms in total. The first-order chi connectivity index (χ1) is 11.4. The van der Waals surface area contributed by atoms with Gasteiger partial charge in [0.2, 0.25) is 11.0 Å². The Morgan fingerprint density at radius 2 is 2.00 bits per heavy atom. The van der Waals surface area contributed by atoms with Crippen LogP contribution in [0.5, 0.6) is 0 Å². The zero-order valence-corrected chi connectivity index (χ0v) is 14.1. The first-order valence-electron chi connectivity index (χ1n) is 7.07. The van der Waals surface area contributed by atoms with E-state index in [1.807, 2.05) is 0 Å². The number of ether oxygens (including phenoxy) is 1. The predicted molar refractivity (Wildman–Crippen MR) is 84.5 cm³/mol. The molecule has 2 rings (SSSR count). The summed E-state index contributed by atoms with van der Waals surface area (Å²) in [6.45, 7) is 0.185. The van der Waals surface area contributed by atoms with E-state index in [2.05, 4.69) is 15.3 Å². The van der Waals surface area contributed by atoms with Gasteiger partial charge in [-0.3, -0.25) is 4.79 Å². The summed E-state index contributed by atoms with van der Waals surface area (Å²) in [5.41, 5.74) is 0. The third-order valence-electron chi connectivity index (χ3n) is 2.93. The fraction of sp³-hybridized carbons (Fsp3) is 0.357. The number of carbonyl (C=O) groups is 1. The molecule has 0 bridgehead atoms. The summed E-state index contributed by atoms with van der Waals surface area (Å²) in [7, 11) is -0.830. The monoisotopic (exact) mass is 354 g/mol. The van der Waals surface area contributed by atoms with Crippen molar-refractivity contribution in [2.45, 2.75) is 18.1 Å². The van der Waals surface area contributed by atoms with Crippen LogP contribution in [0.15, 0.2) is 40.1 Å². The Kier molecular flexibility index (Phi) is 5.88. The van der Waals surface area contributed by atoms with E-state index in [1.54, 1.807) is 18.5 Å². The molecule has 0 fully saturated rings. The lowest BCUT2D eigenvalue weighted by atomic mass is 10.4. The van der Waals surface area contributed by atoms with E-state index >= 15 is 0 Å². The highest BCUT2D eigenvalue weighted by atomic mass is 32.2. The average molecular weight is 354 g/mol. The number of hydrogen-bond donors (Lipinski definition) is 1. The highest BCUT2D eigenvalue weighted by Crippen LogP contribution is 2.17. The first-order valence-corrected chi connectivity index (χ1v) is 8.51. The Morgan fingerprint density at radius 1 is 1.29 bits per heavy atom. The Bertz CT molecular complexity index is 773. The highest BCUT2D eigenvalue weighted by Gasteiger charge is 2.21. The number of anilines is 1. The van der Waals surface area contributed by atoms with E-state index in [4.69, 9.17) is 9.15 Å². The van der Waals surface area contributed by atoms with Crippen molar-refractivity contribution in [3.8, 4) is 0 Å². The maximum Gasteiger partial charge on any atom is 0.308 e. The lowest BCUT2D eigenvalue weighted by molar-refractivity contribution is -0.145. The second-order valence-electron chi connectivity index (χ2n) is 4.92. The van der Waals surface area contributed by atoms with Crippen molar-refractivity contribution in [2.24, 2.45) is 0 Å². The quantitative estimate of drug-likeness (QED) is 0.694. The summed E-state index contributed by atoms with van der Waals surface area (Å²) >= 11 is 0. The molecule has 0 aliphatic rings. The molecule has 2 heterocycles. The van der Waals surface area contributed by atoms with E-state index in [1.165, 1.54) is 26.2 Å². The number of nitrogens with zero attached hydrogens (tertiary/aromatic N) is 3. The molecular formula is C14H18N4O5S. The molecule has 10 heteroatoms. The number of nitrogens with one attached hydrogen (secondary N) is 1. The van der Waals surface area contributed by atoms with Crippen LogP contribution in [0.3, 0.4) is 0 Å². The molecule has 0 radical (unpaired) electrons. The van der Waals surface area contributed by atoms with Crippen molar-refractivity contribution in [3.63, 3.8) is 0 Å². The van der Waals surface area contributed by atoms with Gasteiger partial charge in [0, 0.05) is 33.0 Å². The summed E-state index contributed by atoms with van der Waals surface area (Å²) in [5.74, 6) is 0.227. The van der Waals surface area contributed by atoms with Crippen LogP contribution in [-0.4, -0.2) is 49.3 Å². The van der Waals surface area contributed by atoms with Crippen molar-refractivity contribution in [1.29, 1.82) is 0 Å². The van der Waals surface area contributed by atoms with Crippen LogP contribution in [0.25, 0.3) is 0 Å². The summed E-state index contributed by atoms with van der Waals surface area (Å²) in [4.78, 5) is 19.6. The van der Waals surface area contributed by atoms with E-state index in [0.717, 1.165) is 4.31 Å². The number of carbonyl (C=O) groups excluding carboxylic acids is 1. The summed E-state index contributed by atoms with van der Waals surface area (Å²) in [6.07, 6.45) is 3.29. The van der Waals surface area contributed by atoms with Crippen LogP contribution in [0.4, 0.5) is 5.95 Å². The molecule has 130 valence electrons. The molecule has 24 heavy (non-hydrogen) atoms. The van der Waals surface area contributed by atoms with Gasteiger partial charge in [0.25, 0.3) is 10.0 Å². The van der Waals surface area contributed by atoms with Crippen LogP contribution in [-0.2, 0) is 26.2 Å². The standard InChI is InChI=1S/C14H18N4O5S/c1-18(2)24(20,21)13-5-4-11(23-13)10-22-12(19)6-9-17-14-15-7-3-8-16-14/h3-5,7-8H,6,9-10H2,1-2H3,(H,15,16,17). The molecule has 0 saturated carbocycles. The van der Waals surface area contributed by atoms with Crippen LogP contribution in [0.2, 0.25) is 0 Å². The fourth-order valence-corrected chi connectivity index (χ4v) is 2.46. The smallest absolute Gasteiger partial charge is 0.308 e. The van der Waals surface area contributed by atoms with Gasteiger partial charge in [-0.1, -0.05) is 0 Å². The molecule has 0 unspecified atom stereocenters. The summed E-state index contributed by atoms with van der Waals surface area (Å²) in [6, 6.07) is 4.47. The average Bonchev–Trinajstić information content (AvgIpc) is 3.03. The Morgan fingerprint density at radius 3 is 2.67 bits per heavy atom. The first kappa shape index (κ1) is 17.9. The normalized spacial score (nSPS) is 11.5.